The largest absolute Gasteiger partial charge is 0.573 e. The van der Waals surface area contributed by atoms with Gasteiger partial charge in [0.25, 0.3) is 0 Å². The molecule has 1 saturated carbocycles. The number of benzene rings is 2. The second-order valence-corrected chi connectivity index (χ2v) is 10.2. The smallest absolute Gasteiger partial charge is 0.490 e. The molecular weight excluding hydrogens is 602 g/mol. The highest BCUT2D eigenvalue weighted by atomic mass is 19.4. The molecule has 44 heavy (non-hydrogen) atoms. The van der Waals surface area contributed by atoms with E-state index in [0.717, 1.165) is 37.4 Å². The van der Waals surface area contributed by atoms with Gasteiger partial charge in [-0.2, -0.15) is 0 Å². The molecular formula is C28H32F6N4O6. The molecule has 1 aliphatic heterocycles. The Kier molecular flexibility index (Phi) is 11.0. The Morgan fingerprint density at radius 2 is 1.55 bits per heavy atom. The molecule has 1 heterocycles. The Hall–Kier alpha value is -3.92. The quantitative estimate of drug-likeness (QED) is 0.326. The lowest BCUT2D eigenvalue weighted by molar-refractivity contribution is -0.275. The van der Waals surface area contributed by atoms with Gasteiger partial charge in [0.05, 0.1) is 19.1 Å². The van der Waals surface area contributed by atoms with Gasteiger partial charge in [0, 0.05) is 44.0 Å². The van der Waals surface area contributed by atoms with Crippen LogP contribution in [-0.2, 0) is 9.53 Å². The summed E-state index contributed by atoms with van der Waals surface area (Å²) in [6.07, 6.45) is -9.49. The predicted molar refractivity (Wildman–Crippen MR) is 144 cm³/mol. The number of morpholine rings is 1. The van der Waals surface area contributed by atoms with E-state index >= 15 is 0 Å². The van der Waals surface area contributed by atoms with Crippen molar-refractivity contribution in [2.45, 2.75) is 44.1 Å². The van der Waals surface area contributed by atoms with Crippen molar-refractivity contribution in [2.24, 2.45) is 5.92 Å². The number of rotatable bonds is 10. The summed E-state index contributed by atoms with van der Waals surface area (Å²) in [6.45, 7) is 3.66. The van der Waals surface area contributed by atoms with Gasteiger partial charge in [0.2, 0.25) is 5.91 Å². The Bertz CT molecular complexity index is 1240. The van der Waals surface area contributed by atoms with Crippen LogP contribution in [0.25, 0.3) is 0 Å². The lowest BCUT2D eigenvalue weighted by atomic mass is 9.82. The van der Waals surface area contributed by atoms with Crippen molar-refractivity contribution in [3.05, 3.63) is 48.5 Å². The van der Waals surface area contributed by atoms with Crippen molar-refractivity contribution in [3.8, 4) is 17.2 Å². The summed E-state index contributed by atoms with van der Waals surface area (Å²) in [5.74, 6) is -1.73. The summed E-state index contributed by atoms with van der Waals surface area (Å²) in [4.78, 5) is 28.1. The number of nitrogens with one attached hydrogen (secondary N) is 3. The average Bonchev–Trinajstić information content (AvgIpc) is 2.94. The van der Waals surface area contributed by atoms with Gasteiger partial charge < -0.3 is 34.9 Å². The third-order valence-corrected chi connectivity index (χ3v) is 6.96. The van der Waals surface area contributed by atoms with E-state index in [1.807, 2.05) is 0 Å². The number of amides is 3. The van der Waals surface area contributed by atoms with Crippen LogP contribution < -0.4 is 30.2 Å². The minimum absolute atomic E-state index is 0.0663. The van der Waals surface area contributed by atoms with Crippen LogP contribution in [0.4, 0.5) is 36.8 Å². The number of halogens is 6. The lowest BCUT2D eigenvalue weighted by Gasteiger charge is -2.36. The molecule has 3 unspecified atom stereocenters. The molecule has 10 nitrogen and oxygen atoms in total. The highest BCUT2D eigenvalue weighted by molar-refractivity contribution is 5.89. The Labute approximate surface area is 248 Å². The number of urea groups is 1. The van der Waals surface area contributed by atoms with Crippen LogP contribution in [0.3, 0.4) is 0 Å². The summed E-state index contributed by atoms with van der Waals surface area (Å²) < 4.78 is 94.3. The summed E-state index contributed by atoms with van der Waals surface area (Å²) in [5.41, 5.74) is 0.0663. The van der Waals surface area contributed by atoms with Crippen LogP contribution in [0.15, 0.2) is 48.5 Å². The van der Waals surface area contributed by atoms with Gasteiger partial charge in [-0.05, 0) is 55.7 Å². The van der Waals surface area contributed by atoms with Gasteiger partial charge in [-0.15, -0.1) is 26.3 Å². The molecule has 0 aromatic heterocycles. The first-order valence-corrected chi connectivity index (χ1v) is 13.9. The maximum absolute atomic E-state index is 13.3. The third kappa shape index (κ3) is 11.0. The minimum atomic E-state index is -4.89. The first-order valence-electron chi connectivity index (χ1n) is 13.9. The first-order chi connectivity index (χ1) is 20.8. The normalized spacial score (nSPS) is 21.2. The number of alkyl halides is 6. The standard InChI is InChI=1S/C28H32F6N4O6/c29-27(30,31)43-21-7-5-20(6-8-21)42-24-9-4-19(17-23(24)25(39)35-10-11-38-12-14-41-15-13-38)37-26(40)36-18-2-1-3-22(16-18)44-28(32,33)34/h1-3,5-8,16,19,23-24H,4,9-15,17H2,(H,35,39)(H2,36,37,40). The van der Waals surface area contributed by atoms with E-state index in [1.165, 1.54) is 24.3 Å². The molecule has 0 bridgehead atoms. The van der Waals surface area contributed by atoms with Crippen molar-refractivity contribution in [3.63, 3.8) is 0 Å². The number of anilines is 1. The molecule has 3 atom stereocenters. The molecule has 3 N–H and O–H groups in total. The Morgan fingerprint density at radius 3 is 2.23 bits per heavy atom. The van der Waals surface area contributed by atoms with Crippen LogP contribution in [0.5, 0.6) is 17.2 Å². The van der Waals surface area contributed by atoms with E-state index in [0.29, 0.717) is 39.1 Å². The zero-order valence-electron chi connectivity index (χ0n) is 23.4. The zero-order chi connectivity index (χ0) is 31.7. The van der Waals surface area contributed by atoms with E-state index < -0.39 is 48.3 Å². The number of hydrogen-bond acceptors (Lipinski definition) is 7. The highest BCUT2D eigenvalue weighted by Gasteiger charge is 2.38. The van der Waals surface area contributed by atoms with E-state index in [4.69, 9.17) is 9.47 Å². The second kappa shape index (κ2) is 14.7. The number of carbonyl (C=O) groups is 2. The monoisotopic (exact) mass is 634 g/mol. The molecule has 3 amide bonds. The Balaban J connectivity index is 1.37. The van der Waals surface area contributed by atoms with Crippen molar-refractivity contribution >= 4 is 17.6 Å². The topological polar surface area (TPSA) is 110 Å². The van der Waals surface area contributed by atoms with Gasteiger partial charge in [-0.3, -0.25) is 9.69 Å². The van der Waals surface area contributed by atoms with E-state index in [2.05, 4.69) is 30.3 Å². The number of nitrogens with zero attached hydrogens (tertiary/aromatic N) is 1. The molecule has 0 spiro atoms. The number of ether oxygens (including phenoxy) is 4. The third-order valence-electron chi connectivity index (χ3n) is 6.96. The fourth-order valence-electron chi connectivity index (χ4n) is 5.00. The van der Waals surface area contributed by atoms with E-state index in [-0.39, 0.29) is 23.8 Å². The molecule has 242 valence electrons. The van der Waals surface area contributed by atoms with Gasteiger partial charge >= 0.3 is 18.8 Å². The van der Waals surface area contributed by atoms with Gasteiger partial charge in [0.15, 0.2) is 0 Å². The van der Waals surface area contributed by atoms with Crippen molar-refractivity contribution in [2.75, 3.05) is 44.7 Å². The summed E-state index contributed by atoms with van der Waals surface area (Å²) >= 11 is 0. The maximum atomic E-state index is 13.3. The molecule has 16 heteroatoms. The first kappa shape index (κ1) is 33.0. The van der Waals surface area contributed by atoms with Crippen molar-refractivity contribution in [1.82, 2.24) is 15.5 Å². The number of carbonyl (C=O) groups excluding carboxylic acids is 2. The molecule has 2 aromatic carbocycles. The predicted octanol–water partition coefficient (Wildman–Crippen LogP) is 4.67. The van der Waals surface area contributed by atoms with Crippen LogP contribution in [0, 0.1) is 5.92 Å². The zero-order valence-corrected chi connectivity index (χ0v) is 23.4. The lowest BCUT2D eigenvalue weighted by Crippen LogP contribution is -2.51. The summed E-state index contributed by atoms with van der Waals surface area (Å²) in [5, 5.41) is 8.12. The fraction of sp³-hybridized carbons (Fsp3) is 0.500. The van der Waals surface area contributed by atoms with Gasteiger partial charge in [-0.25, -0.2) is 4.79 Å². The Morgan fingerprint density at radius 1 is 0.886 bits per heavy atom. The van der Waals surface area contributed by atoms with Gasteiger partial charge in [-0.1, -0.05) is 6.07 Å². The highest BCUT2D eigenvalue weighted by Crippen LogP contribution is 2.31. The molecule has 2 aromatic rings. The molecule has 0 radical (unpaired) electrons. The summed E-state index contributed by atoms with van der Waals surface area (Å²) in [7, 11) is 0. The second-order valence-electron chi connectivity index (χ2n) is 10.2. The van der Waals surface area contributed by atoms with Crippen molar-refractivity contribution in [1.29, 1.82) is 0 Å². The molecule has 1 aliphatic carbocycles. The minimum Gasteiger partial charge on any atom is -0.490 e. The van der Waals surface area contributed by atoms with E-state index in [1.54, 1.807) is 0 Å². The van der Waals surface area contributed by atoms with Crippen LogP contribution in [-0.4, -0.2) is 81.1 Å². The molecule has 1 saturated heterocycles. The molecule has 2 aliphatic rings. The van der Waals surface area contributed by atoms with Crippen molar-refractivity contribution < 1.29 is 54.9 Å². The fourth-order valence-corrected chi connectivity index (χ4v) is 5.00. The SMILES string of the molecule is O=C(Nc1cccc(OC(F)(F)F)c1)NC1CCC(Oc2ccc(OC(F)(F)F)cc2)C(C(=O)NCCN2CCOCC2)C1. The van der Waals surface area contributed by atoms with Crippen LogP contribution in [0.2, 0.25) is 0 Å². The van der Waals surface area contributed by atoms with E-state index in [9.17, 15) is 35.9 Å². The van der Waals surface area contributed by atoms with Crippen LogP contribution in [0.1, 0.15) is 19.3 Å². The van der Waals surface area contributed by atoms with Gasteiger partial charge in [0.1, 0.15) is 23.4 Å². The molecule has 2 fully saturated rings. The van der Waals surface area contributed by atoms with Crippen LogP contribution >= 0.6 is 0 Å². The maximum Gasteiger partial charge on any atom is 0.573 e. The number of hydrogen-bond donors (Lipinski definition) is 3. The average molecular weight is 635 g/mol. The summed E-state index contributed by atoms with van der Waals surface area (Å²) in [6, 6.07) is 8.45. The molecule has 4 rings (SSSR count).